The summed E-state index contributed by atoms with van der Waals surface area (Å²) in [5.41, 5.74) is 1.25. The van der Waals surface area contributed by atoms with Crippen LogP contribution >= 0.6 is 11.6 Å². The van der Waals surface area contributed by atoms with Crippen molar-refractivity contribution in [2.45, 2.75) is 25.7 Å². The van der Waals surface area contributed by atoms with Crippen LogP contribution in [0, 0.1) is 0 Å². The highest BCUT2D eigenvalue weighted by atomic mass is 35.5. The summed E-state index contributed by atoms with van der Waals surface area (Å²) in [6.07, 6.45) is 3.34. The standard InChI is InChI=1S/C12H17ClN2O/c1-15(14)12(16)5-3-2-4-10-6-8-11(13)9-7-10/h6-9H,2-5,14H2,1H3. The van der Waals surface area contributed by atoms with Crippen LogP contribution in [0.4, 0.5) is 0 Å². The van der Waals surface area contributed by atoms with Gasteiger partial charge in [0, 0.05) is 18.5 Å². The number of hydrogen-bond donors (Lipinski definition) is 1. The Morgan fingerprint density at radius 2 is 1.94 bits per heavy atom. The van der Waals surface area contributed by atoms with E-state index < -0.39 is 0 Å². The summed E-state index contributed by atoms with van der Waals surface area (Å²) in [5, 5.41) is 1.89. The van der Waals surface area contributed by atoms with E-state index in [2.05, 4.69) is 0 Å². The van der Waals surface area contributed by atoms with E-state index in [1.54, 1.807) is 7.05 Å². The summed E-state index contributed by atoms with van der Waals surface area (Å²) >= 11 is 5.79. The zero-order chi connectivity index (χ0) is 12.0. The van der Waals surface area contributed by atoms with E-state index >= 15 is 0 Å². The lowest BCUT2D eigenvalue weighted by Gasteiger charge is -2.09. The molecule has 0 saturated heterocycles. The molecule has 1 aromatic carbocycles. The Morgan fingerprint density at radius 1 is 1.31 bits per heavy atom. The summed E-state index contributed by atoms with van der Waals surface area (Å²) in [6, 6.07) is 7.80. The van der Waals surface area contributed by atoms with Crippen LogP contribution in [0.15, 0.2) is 24.3 Å². The highest BCUT2D eigenvalue weighted by Gasteiger charge is 2.03. The van der Waals surface area contributed by atoms with E-state index in [-0.39, 0.29) is 5.91 Å². The van der Waals surface area contributed by atoms with E-state index in [1.807, 2.05) is 24.3 Å². The lowest BCUT2D eigenvalue weighted by molar-refractivity contribution is -0.130. The van der Waals surface area contributed by atoms with Crippen molar-refractivity contribution in [3.8, 4) is 0 Å². The number of amides is 1. The molecule has 88 valence electrons. The van der Waals surface area contributed by atoms with Gasteiger partial charge in [-0.05, 0) is 37.0 Å². The maximum Gasteiger partial charge on any atom is 0.236 e. The van der Waals surface area contributed by atoms with Crippen LogP contribution in [0.1, 0.15) is 24.8 Å². The van der Waals surface area contributed by atoms with Crippen molar-refractivity contribution in [1.29, 1.82) is 0 Å². The Kier molecular flexibility index (Phi) is 5.29. The number of hydrazine groups is 1. The van der Waals surface area contributed by atoms with Crippen molar-refractivity contribution in [2.75, 3.05) is 7.05 Å². The molecule has 0 aliphatic carbocycles. The normalized spacial score (nSPS) is 10.2. The molecular formula is C12H17ClN2O. The molecule has 0 saturated carbocycles. The van der Waals surface area contributed by atoms with Gasteiger partial charge >= 0.3 is 0 Å². The van der Waals surface area contributed by atoms with E-state index in [0.29, 0.717) is 6.42 Å². The summed E-state index contributed by atoms with van der Waals surface area (Å²) in [7, 11) is 1.57. The Labute approximate surface area is 101 Å². The quantitative estimate of drug-likeness (QED) is 0.372. The lowest BCUT2D eigenvalue weighted by Crippen LogP contribution is -2.32. The second-order valence-corrected chi connectivity index (χ2v) is 4.27. The van der Waals surface area contributed by atoms with Gasteiger partial charge in [-0.3, -0.25) is 9.80 Å². The van der Waals surface area contributed by atoms with Crippen molar-refractivity contribution in [3.05, 3.63) is 34.9 Å². The molecule has 0 aliphatic heterocycles. The van der Waals surface area contributed by atoms with Crippen LogP contribution in [-0.2, 0) is 11.2 Å². The molecule has 4 heteroatoms. The highest BCUT2D eigenvalue weighted by Crippen LogP contribution is 2.12. The van der Waals surface area contributed by atoms with Gasteiger partial charge in [0.2, 0.25) is 5.91 Å². The van der Waals surface area contributed by atoms with Crippen LogP contribution in [0.2, 0.25) is 5.02 Å². The first-order valence-electron chi connectivity index (χ1n) is 5.35. The number of halogens is 1. The van der Waals surface area contributed by atoms with Crippen molar-refractivity contribution in [1.82, 2.24) is 5.01 Å². The van der Waals surface area contributed by atoms with Crippen LogP contribution < -0.4 is 5.84 Å². The Hall–Kier alpha value is -1.06. The molecule has 0 spiro atoms. The molecule has 1 aromatic rings. The monoisotopic (exact) mass is 240 g/mol. The maximum absolute atomic E-state index is 11.2. The Bertz CT molecular complexity index is 335. The third kappa shape index (κ3) is 4.64. The van der Waals surface area contributed by atoms with Crippen molar-refractivity contribution >= 4 is 17.5 Å². The highest BCUT2D eigenvalue weighted by molar-refractivity contribution is 6.30. The molecule has 0 aromatic heterocycles. The zero-order valence-electron chi connectivity index (χ0n) is 9.45. The fourth-order valence-electron chi connectivity index (χ4n) is 1.43. The molecule has 0 unspecified atom stereocenters. The first-order chi connectivity index (χ1) is 7.59. The first kappa shape index (κ1) is 13.0. The second-order valence-electron chi connectivity index (χ2n) is 3.84. The molecule has 0 radical (unpaired) electrons. The number of nitrogens with two attached hydrogens (primary N) is 1. The predicted octanol–water partition coefficient (Wildman–Crippen LogP) is 2.38. The molecule has 1 amide bonds. The van der Waals surface area contributed by atoms with Crippen molar-refractivity contribution in [3.63, 3.8) is 0 Å². The van der Waals surface area contributed by atoms with Crippen molar-refractivity contribution < 1.29 is 4.79 Å². The van der Waals surface area contributed by atoms with Crippen LogP contribution in [-0.4, -0.2) is 18.0 Å². The van der Waals surface area contributed by atoms with E-state index in [0.717, 1.165) is 29.3 Å². The molecular weight excluding hydrogens is 224 g/mol. The average Bonchev–Trinajstić information content (AvgIpc) is 2.26. The van der Waals surface area contributed by atoms with Gasteiger partial charge in [0.25, 0.3) is 0 Å². The number of nitrogens with zero attached hydrogens (tertiary/aromatic N) is 1. The number of carbonyl (C=O) groups excluding carboxylic acids is 1. The maximum atomic E-state index is 11.2. The lowest BCUT2D eigenvalue weighted by atomic mass is 10.1. The van der Waals surface area contributed by atoms with Gasteiger partial charge in [-0.1, -0.05) is 23.7 Å². The van der Waals surface area contributed by atoms with Gasteiger partial charge in [0.05, 0.1) is 0 Å². The van der Waals surface area contributed by atoms with Crippen molar-refractivity contribution in [2.24, 2.45) is 5.84 Å². The molecule has 1 rings (SSSR count). The fourth-order valence-corrected chi connectivity index (χ4v) is 1.56. The summed E-state index contributed by atoms with van der Waals surface area (Å²) in [6.45, 7) is 0. The average molecular weight is 241 g/mol. The zero-order valence-corrected chi connectivity index (χ0v) is 10.2. The van der Waals surface area contributed by atoms with E-state index in [4.69, 9.17) is 17.4 Å². The predicted molar refractivity (Wildman–Crippen MR) is 66.0 cm³/mol. The molecule has 3 nitrogen and oxygen atoms in total. The smallest absolute Gasteiger partial charge is 0.236 e. The summed E-state index contributed by atoms with van der Waals surface area (Å²) in [4.78, 5) is 11.2. The molecule has 2 N–H and O–H groups in total. The summed E-state index contributed by atoms with van der Waals surface area (Å²) in [5.74, 6) is 5.30. The molecule has 0 fully saturated rings. The molecule has 0 bridgehead atoms. The number of benzene rings is 1. The number of carbonyl (C=O) groups is 1. The number of rotatable bonds is 5. The van der Waals surface area contributed by atoms with E-state index in [9.17, 15) is 4.79 Å². The fraction of sp³-hybridized carbons (Fsp3) is 0.417. The van der Waals surface area contributed by atoms with E-state index in [1.165, 1.54) is 5.56 Å². The third-order valence-electron chi connectivity index (χ3n) is 2.41. The number of unbranched alkanes of at least 4 members (excludes halogenated alkanes) is 1. The minimum atomic E-state index is -0.0175. The van der Waals surface area contributed by atoms with Gasteiger partial charge in [0.1, 0.15) is 0 Å². The van der Waals surface area contributed by atoms with Gasteiger partial charge in [-0.15, -0.1) is 0 Å². The van der Waals surface area contributed by atoms with Gasteiger partial charge in [-0.25, -0.2) is 5.84 Å². The van der Waals surface area contributed by atoms with Gasteiger partial charge in [0.15, 0.2) is 0 Å². The summed E-state index contributed by atoms with van der Waals surface area (Å²) < 4.78 is 0. The second kappa shape index (κ2) is 6.51. The minimum absolute atomic E-state index is 0.0175. The molecule has 0 heterocycles. The van der Waals surface area contributed by atoms with Gasteiger partial charge in [-0.2, -0.15) is 0 Å². The van der Waals surface area contributed by atoms with Crippen LogP contribution in [0.25, 0.3) is 0 Å². The molecule has 0 atom stereocenters. The molecule has 0 aliphatic rings. The first-order valence-corrected chi connectivity index (χ1v) is 5.73. The largest absolute Gasteiger partial charge is 0.284 e. The Morgan fingerprint density at radius 3 is 2.50 bits per heavy atom. The third-order valence-corrected chi connectivity index (χ3v) is 2.66. The Balaban J connectivity index is 2.21. The number of aryl methyl sites for hydroxylation is 1. The van der Waals surface area contributed by atoms with Crippen LogP contribution in [0.5, 0.6) is 0 Å². The minimum Gasteiger partial charge on any atom is -0.284 e. The number of hydrogen-bond acceptors (Lipinski definition) is 2. The van der Waals surface area contributed by atoms with Crippen LogP contribution in [0.3, 0.4) is 0 Å². The SMILES string of the molecule is CN(N)C(=O)CCCCc1ccc(Cl)cc1. The molecule has 16 heavy (non-hydrogen) atoms. The topological polar surface area (TPSA) is 46.3 Å². The van der Waals surface area contributed by atoms with Gasteiger partial charge < -0.3 is 0 Å².